The van der Waals surface area contributed by atoms with Crippen molar-refractivity contribution < 1.29 is 42.6 Å². The molecule has 1 saturated heterocycles. The van der Waals surface area contributed by atoms with Gasteiger partial charge in [0, 0.05) is 37.2 Å². The molecule has 2 atom stereocenters. The van der Waals surface area contributed by atoms with E-state index >= 15 is 0 Å². The molecular formula is C44H62N3O8+. The number of nitrogens with one attached hydrogen (secondary N) is 1. The van der Waals surface area contributed by atoms with E-state index in [1.165, 1.54) is 0 Å². The maximum Gasteiger partial charge on any atom is 0.411 e. The molecule has 1 fully saturated rings. The Morgan fingerprint density at radius 1 is 0.800 bits per heavy atom. The van der Waals surface area contributed by atoms with Gasteiger partial charge in [-0.1, -0.05) is 73.2 Å². The third kappa shape index (κ3) is 13.7. The van der Waals surface area contributed by atoms with Gasteiger partial charge in [-0.3, -0.25) is 15.0 Å². The predicted molar refractivity (Wildman–Crippen MR) is 215 cm³/mol. The number of ether oxygens (including phenoxy) is 5. The van der Waals surface area contributed by atoms with E-state index in [2.05, 4.69) is 24.3 Å². The topological polar surface area (TPSA) is 113 Å². The Balaban J connectivity index is 1.26. The van der Waals surface area contributed by atoms with Crippen LogP contribution in [-0.2, 0) is 35.1 Å². The van der Waals surface area contributed by atoms with Crippen LogP contribution >= 0.6 is 0 Å². The minimum absolute atomic E-state index is 0.244. The van der Waals surface area contributed by atoms with Crippen LogP contribution in [0.25, 0.3) is 11.1 Å². The summed E-state index contributed by atoms with van der Waals surface area (Å²) in [4.78, 5) is 41.8. The highest BCUT2D eigenvalue weighted by Crippen LogP contribution is 2.29. The lowest BCUT2D eigenvalue weighted by Gasteiger charge is -2.39. The number of amides is 1. The first-order valence-electron chi connectivity index (χ1n) is 19.9. The molecule has 1 heterocycles. The number of quaternary nitrogens is 1. The molecule has 1 aliphatic rings. The first-order chi connectivity index (χ1) is 26.7. The SMILES string of the molecule is CCOC(=O)C(CCC(C(=O)OCC)[N+](C)(C)CCCCCCOCc1ccccc1OC)N1CCC(OC(=O)Nc2ccccc2-c2ccccc2)CC1. The fourth-order valence-electron chi connectivity index (χ4n) is 7.29. The minimum atomic E-state index is -0.514. The molecule has 55 heavy (non-hydrogen) atoms. The molecule has 1 amide bonds. The molecule has 4 rings (SSSR count). The average Bonchev–Trinajstić information content (AvgIpc) is 3.18. The van der Waals surface area contributed by atoms with Gasteiger partial charge in [-0.05, 0) is 70.1 Å². The van der Waals surface area contributed by atoms with Crippen LogP contribution in [0, 0.1) is 0 Å². The number of nitrogens with zero attached hydrogens (tertiary/aromatic N) is 2. The van der Waals surface area contributed by atoms with Crippen molar-refractivity contribution in [2.24, 2.45) is 0 Å². The minimum Gasteiger partial charge on any atom is -0.496 e. The molecule has 11 nitrogen and oxygen atoms in total. The first-order valence-corrected chi connectivity index (χ1v) is 19.9. The number of carbonyl (C=O) groups is 3. The Kier molecular flexibility index (Phi) is 18.0. The quantitative estimate of drug-likeness (QED) is 0.0473. The smallest absolute Gasteiger partial charge is 0.411 e. The summed E-state index contributed by atoms with van der Waals surface area (Å²) < 4.78 is 28.7. The molecule has 3 aromatic carbocycles. The van der Waals surface area contributed by atoms with Crippen LogP contribution in [0.15, 0.2) is 78.9 Å². The number of likely N-dealkylation sites (tertiary alicyclic amines) is 1. The van der Waals surface area contributed by atoms with Gasteiger partial charge in [-0.25, -0.2) is 9.59 Å². The van der Waals surface area contributed by atoms with E-state index in [4.69, 9.17) is 23.7 Å². The van der Waals surface area contributed by atoms with Gasteiger partial charge in [-0.15, -0.1) is 0 Å². The van der Waals surface area contributed by atoms with Gasteiger partial charge < -0.3 is 28.2 Å². The highest BCUT2D eigenvalue weighted by atomic mass is 16.6. The fraction of sp³-hybridized carbons (Fsp3) is 0.523. The maximum absolute atomic E-state index is 13.4. The third-order valence-electron chi connectivity index (χ3n) is 10.3. The Morgan fingerprint density at radius 2 is 1.45 bits per heavy atom. The zero-order valence-electron chi connectivity index (χ0n) is 33.5. The summed E-state index contributed by atoms with van der Waals surface area (Å²) in [6.45, 7) is 7.32. The average molecular weight is 761 g/mol. The number of rotatable bonds is 22. The van der Waals surface area contributed by atoms with Crippen LogP contribution in [0.5, 0.6) is 5.75 Å². The van der Waals surface area contributed by atoms with E-state index in [0.29, 0.717) is 68.8 Å². The highest BCUT2D eigenvalue weighted by Gasteiger charge is 2.39. The van der Waals surface area contributed by atoms with Gasteiger partial charge in [0.15, 0.2) is 6.04 Å². The van der Waals surface area contributed by atoms with Crippen LogP contribution in [-0.4, -0.2) is 106 Å². The van der Waals surface area contributed by atoms with E-state index in [9.17, 15) is 14.4 Å². The van der Waals surface area contributed by atoms with Crippen molar-refractivity contribution in [1.29, 1.82) is 0 Å². The summed E-state index contributed by atoms with van der Waals surface area (Å²) in [5.74, 6) is 0.301. The van der Waals surface area contributed by atoms with E-state index < -0.39 is 18.2 Å². The van der Waals surface area contributed by atoms with Gasteiger partial charge in [0.25, 0.3) is 0 Å². The molecule has 0 bridgehead atoms. The van der Waals surface area contributed by atoms with Crippen molar-refractivity contribution in [3.05, 3.63) is 84.4 Å². The molecule has 300 valence electrons. The molecule has 0 aromatic heterocycles. The zero-order valence-corrected chi connectivity index (χ0v) is 33.5. The van der Waals surface area contributed by atoms with Crippen LogP contribution in [0.2, 0.25) is 0 Å². The molecule has 0 radical (unpaired) electrons. The van der Waals surface area contributed by atoms with Crippen LogP contribution in [0.4, 0.5) is 10.5 Å². The number of esters is 2. The second kappa shape index (κ2) is 22.8. The second-order valence-corrected chi connectivity index (χ2v) is 14.6. The number of hydrogen-bond acceptors (Lipinski definition) is 9. The largest absolute Gasteiger partial charge is 0.496 e. The molecule has 0 spiro atoms. The van der Waals surface area contributed by atoms with E-state index in [1.807, 2.05) is 85.8 Å². The van der Waals surface area contributed by atoms with Gasteiger partial charge in [0.05, 0.1) is 53.3 Å². The standard InChI is InChI=1S/C44H61N3O8/c1-6-53-42(48)39(46-29-27-36(28-30-46)55-44(50)45-38-23-15-14-22-37(38)34-19-11-10-12-20-34)25-26-40(43(49)54-7-2)47(3,4)31-17-8-9-18-32-52-33-35-21-13-16-24-41(35)51-5/h10-16,19-24,36,39-40H,6-9,17-18,25-33H2,1-5H3/p+1. The first kappa shape index (κ1) is 43.3. The van der Waals surface area contributed by atoms with Gasteiger partial charge in [0.2, 0.25) is 0 Å². The summed E-state index contributed by atoms with van der Waals surface area (Å²) >= 11 is 0. The number of piperidine rings is 1. The maximum atomic E-state index is 13.4. The molecule has 3 aromatic rings. The summed E-state index contributed by atoms with van der Waals surface area (Å²) in [7, 11) is 5.81. The Labute approximate surface area is 327 Å². The van der Waals surface area contributed by atoms with Crippen molar-refractivity contribution in [2.75, 3.05) is 66.0 Å². The predicted octanol–water partition coefficient (Wildman–Crippen LogP) is 7.87. The molecular weight excluding hydrogens is 698 g/mol. The number of para-hydroxylation sites is 2. The van der Waals surface area contributed by atoms with Crippen molar-refractivity contribution >= 4 is 23.7 Å². The fourth-order valence-corrected chi connectivity index (χ4v) is 7.29. The van der Waals surface area contributed by atoms with E-state index in [0.717, 1.165) is 54.7 Å². The molecule has 1 aliphatic heterocycles. The molecule has 0 aliphatic carbocycles. The van der Waals surface area contributed by atoms with Crippen molar-refractivity contribution in [3.8, 4) is 16.9 Å². The van der Waals surface area contributed by atoms with E-state index in [-0.39, 0.29) is 24.6 Å². The lowest BCUT2D eigenvalue weighted by Crippen LogP contribution is -2.55. The Hall–Kier alpha value is -4.45. The monoisotopic (exact) mass is 760 g/mol. The normalized spacial score (nSPS) is 14.8. The Bertz CT molecular complexity index is 1610. The molecule has 1 N–H and O–H groups in total. The molecule has 11 heteroatoms. The van der Waals surface area contributed by atoms with Gasteiger partial charge in [-0.2, -0.15) is 0 Å². The number of anilines is 1. The molecule has 2 unspecified atom stereocenters. The number of benzene rings is 3. The van der Waals surface area contributed by atoms with Gasteiger partial charge >= 0.3 is 18.0 Å². The number of hydrogen-bond donors (Lipinski definition) is 1. The lowest BCUT2D eigenvalue weighted by molar-refractivity contribution is -0.907. The third-order valence-corrected chi connectivity index (χ3v) is 10.3. The summed E-state index contributed by atoms with van der Waals surface area (Å²) in [5.41, 5.74) is 3.64. The van der Waals surface area contributed by atoms with Crippen LogP contribution in [0.1, 0.15) is 70.8 Å². The summed E-state index contributed by atoms with van der Waals surface area (Å²) in [5, 5.41) is 2.93. The van der Waals surface area contributed by atoms with Crippen LogP contribution in [0.3, 0.4) is 0 Å². The van der Waals surface area contributed by atoms with Crippen molar-refractivity contribution in [1.82, 2.24) is 4.90 Å². The van der Waals surface area contributed by atoms with Crippen LogP contribution < -0.4 is 10.1 Å². The van der Waals surface area contributed by atoms with Crippen molar-refractivity contribution in [2.45, 2.75) is 90.0 Å². The second-order valence-electron chi connectivity index (χ2n) is 14.6. The number of methoxy groups -OCH3 is 1. The van der Waals surface area contributed by atoms with Crippen molar-refractivity contribution in [3.63, 3.8) is 0 Å². The van der Waals surface area contributed by atoms with Gasteiger partial charge in [0.1, 0.15) is 17.9 Å². The molecule has 0 saturated carbocycles. The number of carbonyl (C=O) groups excluding carboxylic acids is 3. The van der Waals surface area contributed by atoms with E-state index in [1.54, 1.807) is 14.0 Å². The highest BCUT2D eigenvalue weighted by molar-refractivity contribution is 5.91. The summed E-state index contributed by atoms with van der Waals surface area (Å²) in [6.07, 6.45) is 5.27. The summed E-state index contributed by atoms with van der Waals surface area (Å²) in [6, 6.07) is 24.5. The zero-order chi connectivity index (χ0) is 39.5. The number of likely N-dealkylation sites (N-methyl/N-ethyl adjacent to an activating group) is 1. The Morgan fingerprint density at radius 3 is 2.18 bits per heavy atom. The number of unbranched alkanes of at least 4 members (excludes halogenated alkanes) is 3. The lowest BCUT2D eigenvalue weighted by atomic mass is 9.99.